The number of hydrogen-bond donors (Lipinski definition) is 2. The molecule has 3 rings (SSSR count). The molecule has 23 heavy (non-hydrogen) atoms. The number of aryl methyl sites for hydroxylation is 1. The van der Waals surface area contributed by atoms with Gasteiger partial charge in [-0.05, 0) is 19.9 Å². The topological polar surface area (TPSA) is 79.8 Å². The smallest absolute Gasteiger partial charge is 0.256 e. The predicted octanol–water partition coefficient (Wildman–Crippen LogP) is 1.77. The van der Waals surface area contributed by atoms with E-state index in [0.717, 1.165) is 16.6 Å². The molecule has 0 unspecified atom stereocenters. The van der Waals surface area contributed by atoms with Gasteiger partial charge in [-0.3, -0.25) is 14.2 Å². The summed E-state index contributed by atoms with van der Waals surface area (Å²) >= 11 is 0. The lowest BCUT2D eigenvalue weighted by Crippen LogP contribution is -2.32. The highest BCUT2D eigenvalue weighted by Gasteiger charge is 2.11. The largest absolute Gasteiger partial charge is 0.360 e. The summed E-state index contributed by atoms with van der Waals surface area (Å²) in [6, 6.07) is 7.64. The molecule has 0 saturated heterocycles. The van der Waals surface area contributed by atoms with Crippen LogP contribution in [0.2, 0.25) is 0 Å². The minimum Gasteiger partial charge on any atom is -0.360 e. The van der Waals surface area contributed by atoms with Crippen LogP contribution < -0.4 is 10.9 Å². The van der Waals surface area contributed by atoms with Gasteiger partial charge in [-0.2, -0.15) is 0 Å². The van der Waals surface area contributed by atoms with Gasteiger partial charge in [0.15, 0.2) is 0 Å². The quantitative estimate of drug-likeness (QED) is 0.771. The summed E-state index contributed by atoms with van der Waals surface area (Å²) in [5.41, 5.74) is 2.82. The molecule has 0 bridgehead atoms. The molecule has 2 N–H and O–H groups in total. The van der Waals surface area contributed by atoms with E-state index in [-0.39, 0.29) is 11.5 Å². The summed E-state index contributed by atoms with van der Waals surface area (Å²) in [5.74, 6) is -0.160. The van der Waals surface area contributed by atoms with Gasteiger partial charge >= 0.3 is 0 Å². The lowest BCUT2D eigenvalue weighted by molar-refractivity contribution is 0.0954. The molecular weight excluding hydrogens is 292 g/mol. The van der Waals surface area contributed by atoms with Gasteiger partial charge in [0.2, 0.25) is 0 Å². The number of hydrogen-bond acceptors (Lipinski definition) is 3. The van der Waals surface area contributed by atoms with E-state index in [2.05, 4.69) is 15.3 Å². The lowest BCUT2D eigenvalue weighted by atomic mass is 10.1. The third kappa shape index (κ3) is 2.88. The van der Waals surface area contributed by atoms with Gasteiger partial charge in [0, 0.05) is 41.4 Å². The van der Waals surface area contributed by atoms with E-state index in [9.17, 15) is 9.59 Å². The lowest BCUT2D eigenvalue weighted by Gasteiger charge is -2.08. The van der Waals surface area contributed by atoms with Crippen LogP contribution in [-0.4, -0.2) is 27.0 Å². The van der Waals surface area contributed by atoms with E-state index in [1.165, 1.54) is 10.9 Å². The number of carbonyl (C=O) groups is 1. The van der Waals surface area contributed by atoms with Crippen molar-refractivity contribution in [3.63, 3.8) is 0 Å². The Bertz CT molecular complexity index is 924. The molecule has 118 valence electrons. The van der Waals surface area contributed by atoms with Crippen molar-refractivity contribution in [1.82, 2.24) is 19.9 Å². The summed E-state index contributed by atoms with van der Waals surface area (Å²) in [7, 11) is 0. The predicted molar refractivity (Wildman–Crippen MR) is 88.6 cm³/mol. The van der Waals surface area contributed by atoms with Crippen LogP contribution in [-0.2, 0) is 6.54 Å². The van der Waals surface area contributed by atoms with Crippen molar-refractivity contribution in [2.45, 2.75) is 20.4 Å². The number of carbonyl (C=O) groups excluding carboxylic acids is 1. The van der Waals surface area contributed by atoms with Gasteiger partial charge in [-0.25, -0.2) is 4.98 Å². The second-order valence-electron chi connectivity index (χ2n) is 5.46. The summed E-state index contributed by atoms with van der Waals surface area (Å²) in [5, 5.41) is 3.72. The van der Waals surface area contributed by atoms with Crippen LogP contribution in [0.4, 0.5) is 0 Å². The van der Waals surface area contributed by atoms with Gasteiger partial charge < -0.3 is 10.3 Å². The zero-order chi connectivity index (χ0) is 16.4. The van der Waals surface area contributed by atoms with Crippen molar-refractivity contribution in [3.8, 4) is 0 Å². The van der Waals surface area contributed by atoms with Crippen LogP contribution in [0.25, 0.3) is 10.9 Å². The molecule has 0 spiro atoms. The number of H-pyrrole nitrogens is 1. The van der Waals surface area contributed by atoms with E-state index in [0.29, 0.717) is 24.2 Å². The van der Waals surface area contributed by atoms with Crippen molar-refractivity contribution >= 4 is 16.8 Å². The van der Waals surface area contributed by atoms with Crippen LogP contribution in [0.1, 0.15) is 21.6 Å². The van der Waals surface area contributed by atoms with Crippen LogP contribution in [0.3, 0.4) is 0 Å². The molecule has 0 atom stereocenters. The summed E-state index contributed by atoms with van der Waals surface area (Å²) in [6.07, 6.45) is 3.21. The highest BCUT2D eigenvalue weighted by Crippen LogP contribution is 2.17. The van der Waals surface area contributed by atoms with Gasteiger partial charge in [0.05, 0.1) is 11.9 Å². The van der Waals surface area contributed by atoms with Crippen molar-refractivity contribution in [3.05, 3.63) is 64.0 Å². The molecule has 0 fully saturated rings. The molecule has 0 saturated carbocycles. The Morgan fingerprint density at radius 1 is 1.30 bits per heavy atom. The van der Waals surface area contributed by atoms with Crippen LogP contribution in [0.15, 0.2) is 41.6 Å². The van der Waals surface area contributed by atoms with Crippen LogP contribution >= 0.6 is 0 Å². The maximum absolute atomic E-state index is 12.3. The number of aromatic nitrogens is 3. The Kier molecular flexibility index (Phi) is 3.97. The second-order valence-corrected chi connectivity index (χ2v) is 5.46. The van der Waals surface area contributed by atoms with Gasteiger partial charge in [-0.1, -0.05) is 18.2 Å². The van der Waals surface area contributed by atoms with Crippen LogP contribution in [0, 0.1) is 13.8 Å². The molecule has 0 aliphatic carbocycles. The van der Waals surface area contributed by atoms with E-state index >= 15 is 0 Å². The molecule has 2 aromatic heterocycles. The second kappa shape index (κ2) is 6.08. The zero-order valence-electron chi connectivity index (χ0n) is 13.1. The number of benzene rings is 1. The minimum absolute atomic E-state index is 0.0705. The van der Waals surface area contributed by atoms with Crippen molar-refractivity contribution in [2.24, 2.45) is 0 Å². The van der Waals surface area contributed by atoms with Crippen molar-refractivity contribution < 1.29 is 4.79 Å². The first-order valence-corrected chi connectivity index (χ1v) is 7.45. The monoisotopic (exact) mass is 310 g/mol. The summed E-state index contributed by atoms with van der Waals surface area (Å²) in [4.78, 5) is 31.6. The average Bonchev–Trinajstić information content (AvgIpc) is 2.99. The Hall–Kier alpha value is -2.89. The molecule has 1 amide bonds. The number of aromatic amines is 1. The third-order valence-electron chi connectivity index (χ3n) is 3.99. The molecule has 3 aromatic rings. The number of nitrogens with one attached hydrogen (secondary N) is 2. The number of nitrogens with zero attached hydrogens (tertiary/aromatic N) is 2. The third-order valence-corrected chi connectivity index (χ3v) is 3.99. The fourth-order valence-corrected chi connectivity index (χ4v) is 2.48. The molecule has 2 heterocycles. The summed E-state index contributed by atoms with van der Waals surface area (Å²) < 4.78 is 1.51. The molecule has 6 nitrogen and oxygen atoms in total. The number of amides is 1. The highest BCUT2D eigenvalue weighted by molar-refractivity contribution is 6.06. The van der Waals surface area contributed by atoms with Gasteiger partial charge in [0.25, 0.3) is 11.5 Å². The fourth-order valence-electron chi connectivity index (χ4n) is 2.48. The first-order valence-electron chi connectivity index (χ1n) is 7.45. The molecular formula is C17H18N4O2. The summed E-state index contributed by atoms with van der Waals surface area (Å²) in [6.45, 7) is 4.31. The van der Waals surface area contributed by atoms with Crippen molar-refractivity contribution in [2.75, 3.05) is 6.54 Å². The Morgan fingerprint density at radius 3 is 2.91 bits per heavy atom. The Morgan fingerprint density at radius 2 is 2.09 bits per heavy atom. The number of fused-ring (bicyclic) bond motifs is 1. The average molecular weight is 310 g/mol. The Balaban J connectivity index is 1.68. The maximum Gasteiger partial charge on any atom is 0.256 e. The standard InChI is InChI=1S/C17H18N4O2/c1-11-12(2)20-10-21(17(11)23)8-7-18-16(22)14-9-19-15-6-4-3-5-13(14)15/h3-6,9-10,19H,7-8H2,1-2H3,(H,18,22). The minimum atomic E-state index is -0.160. The zero-order valence-corrected chi connectivity index (χ0v) is 13.1. The first-order chi connectivity index (χ1) is 11.1. The van der Waals surface area contributed by atoms with Gasteiger partial charge in [0.1, 0.15) is 0 Å². The van der Waals surface area contributed by atoms with Crippen molar-refractivity contribution in [1.29, 1.82) is 0 Å². The SMILES string of the molecule is Cc1ncn(CCNC(=O)c2c[nH]c3ccccc23)c(=O)c1C. The molecule has 0 radical (unpaired) electrons. The normalized spacial score (nSPS) is 10.9. The number of para-hydroxylation sites is 1. The highest BCUT2D eigenvalue weighted by atomic mass is 16.1. The maximum atomic E-state index is 12.3. The molecule has 6 heteroatoms. The fraction of sp³-hybridized carbons (Fsp3) is 0.235. The van der Waals surface area contributed by atoms with E-state index in [4.69, 9.17) is 0 Å². The van der Waals surface area contributed by atoms with Crippen LogP contribution in [0.5, 0.6) is 0 Å². The van der Waals surface area contributed by atoms with E-state index in [1.54, 1.807) is 20.0 Å². The van der Waals surface area contributed by atoms with Gasteiger partial charge in [-0.15, -0.1) is 0 Å². The number of rotatable bonds is 4. The molecule has 0 aliphatic rings. The van der Waals surface area contributed by atoms with E-state index < -0.39 is 0 Å². The first kappa shape index (κ1) is 15.0. The van der Waals surface area contributed by atoms with E-state index in [1.807, 2.05) is 24.3 Å². The molecule has 0 aliphatic heterocycles. The Labute approximate surface area is 133 Å². The molecule has 1 aromatic carbocycles.